The number of aliphatic hydroxyl groups is 1. The van der Waals surface area contributed by atoms with E-state index in [0.29, 0.717) is 22.7 Å². The molecule has 1 N–H and O–H groups in total. The fourth-order valence-corrected chi connectivity index (χ4v) is 4.27. The molecule has 0 radical (unpaired) electrons. The summed E-state index contributed by atoms with van der Waals surface area (Å²) >= 11 is 6.25. The zero-order valence-corrected chi connectivity index (χ0v) is 20.1. The van der Waals surface area contributed by atoms with Crippen molar-refractivity contribution in [3.8, 4) is 5.75 Å². The maximum atomic E-state index is 13.2. The topological polar surface area (TPSA) is 79.7 Å². The van der Waals surface area contributed by atoms with Gasteiger partial charge in [-0.3, -0.25) is 14.5 Å². The predicted molar refractivity (Wildman–Crippen MR) is 132 cm³/mol. The first-order chi connectivity index (χ1) is 16.1. The highest BCUT2D eigenvalue weighted by molar-refractivity contribution is 6.51. The van der Waals surface area contributed by atoms with Gasteiger partial charge in [0.2, 0.25) is 0 Å². The Morgan fingerprint density at radius 3 is 2.32 bits per heavy atom. The maximum Gasteiger partial charge on any atom is 0.301 e. The van der Waals surface area contributed by atoms with E-state index in [-0.39, 0.29) is 21.8 Å². The Labute approximate surface area is 203 Å². The Balaban J connectivity index is 1.92. The molecule has 34 heavy (non-hydrogen) atoms. The number of aliphatic hydroxyl groups excluding tert-OH is 1. The van der Waals surface area contributed by atoms with Gasteiger partial charge in [0, 0.05) is 11.8 Å². The summed E-state index contributed by atoms with van der Waals surface area (Å²) in [4.78, 5) is 32.0. The van der Waals surface area contributed by atoms with E-state index in [1.807, 2.05) is 24.3 Å². The lowest BCUT2D eigenvalue weighted by molar-refractivity contribution is -0.132. The second-order valence-electron chi connectivity index (χ2n) is 9.08. The normalized spacial score (nSPS) is 17.8. The van der Waals surface area contributed by atoms with Crippen molar-refractivity contribution in [1.29, 1.82) is 0 Å². The van der Waals surface area contributed by atoms with Crippen molar-refractivity contribution in [1.82, 2.24) is 4.98 Å². The molecule has 1 aromatic heterocycles. The molecule has 1 fully saturated rings. The van der Waals surface area contributed by atoms with Crippen LogP contribution in [0.15, 0.2) is 72.4 Å². The first-order valence-corrected chi connectivity index (χ1v) is 11.2. The summed E-state index contributed by atoms with van der Waals surface area (Å²) < 4.78 is 5.18. The Hall–Kier alpha value is -3.64. The summed E-state index contributed by atoms with van der Waals surface area (Å²) in [6.45, 7) is 6.32. The largest absolute Gasteiger partial charge is 0.507 e. The first kappa shape index (κ1) is 23.5. The lowest BCUT2D eigenvalue weighted by atomic mass is 9.85. The summed E-state index contributed by atoms with van der Waals surface area (Å²) in [5.74, 6) is -1.11. The Morgan fingerprint density at radius 2 is 1.76 bits per heavy atom. The van der Waals surface area contributed by atoms with Gasteiger partial charge in [-0.2, -0.15) is 0 Å². The summed E-state index contributed by atoms with van der Waals surface area (Å²) in [6, 6.07) is 16.7. The minimum atomic E-state index is -0.857. The highest BCUT2D eigenvalue weighted by atomic mass is 35.5. The van der Waals surface area contributed by atoms with Gasteiger partial charge < -0.3 is 9.84 Å². The molecule has 4 rings (SSSR count). The van der Waals surface area contributed by atoms with Crippen LogP contribution in [-0.4, -0.2) is 28.9 Å². The number of nitrogens with zero attached hydrogens (tertiary/aromatic N) is 2. The van der Waals surface area contributed by atoms with Gasteiger partial charge in [0.25, 0.3) is 5.78 Å². The molecule has 1 aliphatic heterocycles. The Kier molecular flexibility index (Phi) is 6.19. The van der Waals surface area contributed by atoms with E-state index in [9.17, 15) is 14.7 Å². The lowest BCUT2D eigenvalue weighted by Gasteiger charge is -2.25. The van der Waals surface area contributed by atoms with Crippen molar-refractivity contribution in [2.45, 2.75) is 32.2 Å². The van der Waals surface area contributed by atoms with Crippen LogP contribution in [0, 0.1) is 0 Å². The highest BCUT2D eigenvalue weighted by Gasteiger charge is 2.47. The molecule has 0 unspecified atom stereocenters. The van der Waals surface area contributed by atoms with E-state index in [4.69, 9.17) is 16.3 Å². The average molecular weight is 477 g/mol. The second kappa shape index (κ2) is 8.95. The summed E-state index contributed by atoms with van der Waals surface area (Å²) in [5, 5.41) is 11.5. The molecule has 2 heterocycles. The minimum Gasteiger partial charge on any atom is -0.507 e. The van der Waals surface area contributed by atoms with Crippen LogP contribution in [0.5, 0.6) is 5.75 Å². The number of aromatic nitrogens is 1. The van der Waals surface area contributed by atoms with Gasteiger partial charge in [-0.05, 0) is 46.9 Å². The third kappa shape index (κ3) is 4.17. The van der Waals surface area contributed by atoms with E-state index in [1.165, 1.54) is 18.1 Å². The van der Waals surface area contributed by atoms with E-state index < -0.39 is 17.7 Å². The quantitative estimate of drug-likeness (QED) is 0.298. The average Bonchev–Trinajstić information content (AvgIpc) is 3.09. The fraction of sp³-hybridized carbons (Fsp3) is 0.222. The number of amides is 1. The van der Waals surface area contributed by atoms with Crippen LogP contribution in [-0.2, 0) is 15.0 Å². The van der Waals surface area contributed by atoms with Gasteiger partial charge in [-0.15, -0.1) is 0 Å². The van der Waals surface area contributed by atoms with Gasteiger partial charge in [-0.25, -0.2) is 4.98 Å². The second-order valence-corrected chi connectivity index (χ2v) is 9.49. The number of Topliss-reactive ketones (excluding diaryl/α,β-unsaturated/α-hetero) is 1. The van der Waals surface area contributed by atoms with Crippen LogP contribution in [0.2, 0.25) is 5.02 Å². The molecule has 174 valence electrons. The number of halogens is 1. The van der Waals surface area contributed by atoms with Gasteiger partial charge in [0.15, 0.2) is 0 Å². The number of carbonyl (C=O) groups is 2. The zero-order chi connectivity index (χ0) is 24.6. The Morgan fingerprint density at radius 1 is 1.06 bits per heavy atom. The highest BCUT2D eigenvalue weighted by Crippen LogP contribution is 2.42. The number of methoxy groups -OCH3 is 1. The number of carbonyl (C=O) groups excluding carboxylic acids is 2. The van der Waals surface area contributed by atoms with Crippen molar-refractivity contribution in [3.63, 3.8) is 0 Å². The summed E-state index contributed by atoms with van der Waals surface area (Å²) in [6.07, 6.45) is 1.55. The van der Waals surface area contributed by atoms with E-state index >= 15 is 0 Å². The molecule has 3 aromatic rings. The molecule has 6 nitrogen and oxygen atoms in total. The number of ether oxygens (including phenoxy) is 1. The molecule has 2 aromatic carbocycles. The van der Waals surface area contributed by atoms with Crippen LogP contribution in [0.25, 0.3) is 5.76 Å². The molecule has 7 heteroatoms. The number of anilines is 1. The third-order valence-corrected chi connectivity index (χ3v) is 6.15. The van der Waals surface area contributed by atoms with E-state index in [0.717, 1.165) is 5.56 Å². The lowest BCUT2D eigenvalue weighted by Crippen LogP contribution is -2.30. The molecule has 1 amide bonds. The molecule has 0 aliphatic carbocycles. The molecule has 1 atom stereocenters. The number of benzene rings is 2. The molecular formula is C27H25ClN2O4. The fourth-order valence-electron chi connectivity index (χ4n) is 4.02. The van der Waals surface area contributed by atoms with Gasteiger partial charge >= 0.3 is 5.91 Å². The zero-order valence-electron chi connectivity index (χ0n) is 19.4. The molecule has 1 aliphatic rings. The SMILES string of the molecule is COc1ccc(/C(O)=C2\C(=O)C(=O)N(c3ccccn3)[C@@H]2c2ccc(C(C)(C)C)cc2)cc1Cl. The van der Waals surface area contributed by atoms with Gasteiger partial charge in [0.05, 0.1) is 23.7 Å². The van der Waals surface area contributed by atoms with Crippen LogP contribution < -0.4 is 9.64 Å². The van der Waals surface area contributed by atoms with Crippen LogP contribution in [0.1, 0.15) is 43.5 Å². The van der Waals surface area contributed by atoms with Gasteiger partial charge in [-0.1, -0.05) is 62.7 Å². The van der Waals surface area contributed by atoms with Crippen LogP contribution in [0.4, 0.5) is 5.82 Å². The number of ketones is 1. The minimum absolute atomic E-state index is 0.0274. The number of rotatable bonds is 4. The van der Waals surface area contributed by atoms with E-state index in [2.05, 4.69) is 25.8 Å². The molecule has 0 spiro atoms. The molecule has 0 saturated carbocycles. The van der Waals surface area contributed by atoms with Crippen molar-refractivity contribution >= 4 is 34.9 Å². The first-order valence-electron chi connectivity index (χ1n) is 10.8. The van der Waals surface area contributed by atoms with Crippen molar-refractivity contribution in [2.24, 2.45) is 0 Å². The van der Waals surface area contributed by atoms with Crippen LogP contribution >= 0.6 is 11.6 Å². The molecule has 1 saturated heterocycles. The monoisotopic (exact) mass is 476 g/mol. The van der Waals surface area contributed by atoms with Crippen molar-refractivity contribution in [3.05, 3.63) is 94.1 Å². The maximum absolute atomic E-state index is 13.2. The summed E-state index contributed by atoms with van der Waals surface area (Å²) in [7, 11) is 1.49. The summed E-state index contributed by atoms with van der Waals surface area (Å²) in [5.41, 5.74) is 2.00. The van der Waals surface area contributed by atoms with Crippen LogP contribution in [0.3, 0.4) is 0 Å². The number of hydrogen-bond donors (Lipinski definition) is 1. The molecular weight excluding hydrogens is 452 g/mol. The van der Waals surface area contributed by atoms with Crippen molar-refractivity contribution in [2.75, 3.05) is 12.0 Å². The molecule has 0 bridgehead atoms. The number of pyridine rings is 1. The predicted octanol–water partition coefficient (Wildman–Crippen LogP) is 5.67. The van der Waals surface area contributed by atoms with E-state index in [1.54, 1.807) is 36.5 Å². The van der Waals surface area contributed by atoms with Gasteiger partial charge in [0.1, 0.15) is 17.3 Å². The van der Waals surface area contributed by atoms with Crippen molar-refractivity contribution < 1.29 is 19.4 Å². The third-order valence-electron chi connectivity index (χ3n) is 5.86. The smallest absolute Gasteiger partial charge is 0.301 e. The Bertz CT molecular complexity index is 1280. The number of hydrogen-bond acceptors (Lipinski definition) is 5. The standard InChI is InChI=1S/C27H25ClN2O4/c1-27(2,3)18-11-8-16(9-12-18)23-22(24(31)17-10-13-20(34-4)19(28)15-17)25(32)26(33)30(23)21-7-5-6-14-29-21/h5-15,23,31H,1-4H3/b24-22+/t23-/m1/s1.